The number of phenolic OH excluding ortho intramolecular Hbond substituents is 1. The SMILES string of the molecule is O=C(C=Cc1ccc(O)cc1)OC(C(=O)O)C(O)C(O)C(O)C(=O)O. The second kappa shape index (κ2) is 8.78. The van der Waals surface area contributed by atoms with Crippen molar-refractivity contribution in [3.05, 3.63) is 35.9 Å². The molecular formula is C15H16O10. The molecule has 25 heavy (non-hydrogen) atoms. The van der Waals surface area contributed by atoms with Gasteiger partial charge in [-0.1, -0.05) is 12.1 Å². The summed E-state index contributed by atoms with van der Waals surface area (Å²) in [5.41, 5.74) is 0.475. The zero-order chi connectivity index (χ0) is 19.1. The average molecular weight is 356 g/mol. The summed E-state index contributed by atoms with van der Waals surface area (Å²) in [6.07, 6.45) is -7.49. The first-order valence-electron chi connectivity index (χ1n) is 6.81. The molecule has 0 fully saturated rings. The van der Waals surface area contributed by atoms with E-state index in [1.54, 1.807) is 0 Å². The third-order valence-electron chi connectivity index (χ3n) is 3.03. The Morgan fingerprint density at radius 3 is 1.96 bits per heavy atom. The van der Waals surface area contributed by atoms with Gasteiger partial charge in [0.25, 0.3) is 0 Å². The molecule has 0 aliphatic rings. The van der Waals surface area contributed by atoms with Gasteiger partial charge in [-0.05, 0) is 23.8 Å². The third-order valence-corrected chi connectivity index (χ3v) is 3.03. The zero-order valence-corrected chi connectivity index (χ0v) is 12.6. The Morgan fingerprint density at radius 1 is 0.920 bits per heavy atom. The van der Waals surface area contributed by atoms with Crippen LogP contribution >= 0.6 is 0 Å². The number of aliphatic hydroxyl groups excluding tert-OH is 3. The fourth-order valence-electron chi connectivity index (χ4n) is 1.69. The number of phenols is 1. The van der Waals surface area contributed by atoms with E-state index >= 15 is 0 Å². The topological polar surface area (TPSA) is 182 Å². The van der Waals surface area contributed by atoms with Crippen LogP contribution in [0.3, 0.4) is 0 Å². The highest BCUT2D eigenvalue weighted by Crippen LogP contribution is 2.12. The number of hydrogen-bond acceptors (Lipinski definition) is 8. The molecule has 0 radical (unpaired) electrons. The van der Waals surface area contributed by atoms with Crippen molar-refractivity contribution in [1.82, 2.24) is 0 Å². The molecule has 4 unspecified atom stereocenters. The van der Waals surface area contributed by atoms with E-state index in [0.29, 0.717) is 5.56 Å². The van der Waals surface area contributed by atoms with Crippen LogP contribution in [0, 0.1) is 0 Å². The number of aromatic hydroxyl groups is 1. The number of carboxylic acids is 2. The van der Waals surface area contributed by atoms with Crippen molar-refractivity contribution in [2.45, 2.75) is 24.4 Å². The summed E-state index contributed by atoms with van der Waals surface area (Å²) in [5, 5.41) is 54.8. The van der Waals surface area contributed by atoms with Gasteiger partial charge in [0.15, 0.2) is 6.10 Å². The molecular weight excluding hydrogens is 340 g/mol. The number of carbonyl (C=O) groups excluding carboxylic acids is 1. The average Bonchev–Trinajstić information content (AvgIpc) is 2.56. The van der Waals surface area contributed by atoms with Crippen molar-refractivity contribution in [3.8, 4) is 5.75 Å². The highest BCUT2D eigenvalue weighted by atomic mass is 16.6. The number of benzene rings is 1. The molecule has 136 valence electrons. The number of rotatable bonds is 8. The molecule has 0 bridgehead atoms. The van der Waals surface area contributed by atoms with E-state index in [1.165, 1.54) is 30.3 Å². The number of aliphatic carboxylic acids is 2. The first-order chi connectivity index (χ1) is 11.6. The monoisotopic (exact) mass is 356 g/mol. The molecule has 0 aliphatic carbocycles. The lowest BCUT2D eigenvalue weighted by Gasteiger charge is -2.24. The van der Waals surface area contributed by atoms with Crippen molar-refractivity contribution >= 4 is 24.0 Å². The zero-order valence-electron chi connectivity index (χ0n) is 12.6. The van der Waals surface area contributed by atoms with Crippen LogP contribution in [0.5, 0.6) is 5.75 Å². The number of aliphatic hydroxyl groups is 3. The molecule has 0 amide bonds. The highest BCUT2D eigenvalue weighted by molar-refractivity contribution is 5.89. The van der Waals surface area contributed by atoms with Gasteiger partial charge in [-0.25, -0.2) is 14.4 Å². The fourth-order valence-corrected chi connectivity index (χ4v) is 1.69. The Morgan fingerprint density at radius 2 is 1.48 bits per heavy atom. The number of hydrogen-bond donors (Lipinski definition) is 6. The van der Waals surface area contributed by atoms with Gasteiger partial charge in [0, 0.05) is 6.08 Å². The molecule has 0 saturated heterocycles. The Hall–Kier alpha value is -2.95. The maximum atomic E-state index is 11.6. The smallest absolute Gasteiger partial charge is 0.347 e. The summed E-state index contributed by atoms with van der Waals surface area (Å²) in [7, 11) is 0. The lowest BCUT2D eigenvalue weighted by atomic mass is 10.0. The van der Waals surface area contributed by atoms with Crippen LogP contribution in [0.4, 0.5) is 0 Å². The highest BCUT2D eigenvalue weighted by Gasteiger charge is 2.40. The molecule has 0 aromatic heterocycles. The maximum Gasteiger partial charge on any atom is 0.347 e. The summed E-state index contributed by atoms with van der Waals surface area (Å²) in [6.45, 7) is 0. The van der Waals surface area contributed by atoms with E-state index in [9.17, 15) is 24.6 Å². The van der Waals surface area contributed by atoms with Crippen molar-refractivity contribution in [3.63, 3.8) is 0 Å². The molecule has 1 aromatic carbocycles. The van der Waals surface area contributed by atoms with Gasteiger partial charge in [-0.3, -0.25) is 0 Å². The van der Waals surface area contributed by atoms with Gasteiger partial charge in [0.2, 0.25) is 6.10 Å². The molecule has 0 saturated carbocycles. The quantitative estimate of drug-likeness (QED) is 0.238. The van der Waals surface area contributed by atoms with Crippen LogP contribution in [0.2, 0.25) is 0 Å². The summed E-state index contributed by atoms with van der Waals surface area (Å²) < 4.78 is 4.48. The lowest BCUT2D eigenvalue weighted by Crippen LogP contribution is -2.51. The second-order valence-corrected chi connectivity index (χ2v) is 4.88. The Labute approximate surface area is 140 Å². The normalized spacial score (nSPS) is 16.0. The largest absolute Gasteiger partial charge is 0.508 e. The summed E-state index contributed by atoms with van der Waals surface area (Å²) >= 11 is 0. The van der Waals surface area contributed by atoms with E-state index < -0.39 is 42.3 Å². The summed E-state index contributed by atoms with van der Waals surface area (Å²) in [6, 6.07) is 5.60. The first kappa shape index (κ1) is 20.1. The Bertz CT molecular complexity index is 651. The molecule has 0 spiro atoms. The predicted octanol–water partition coefficient (Wildman–Crippen LogP) is -1.43. The van der Waals surface area contributed by atoms with Gasteiger partial charge in [-0.2, -0.15) is 0 Å². The second-order valence-electron chi connectivity index (χ2n) is 4.88. The van der Waals surface area contributed by atoms with Crippen LogP contribution in [0.15, 0.2) is 30.3 Å². The van der Waals surface area contributed by atoms with E-state index in [-0.39, 0.29) is 5.75 Å². The van der Waals surface area contributed by atoms with Crippen LogP contribution in [0.25, 0.3) is 6.08 Å². The van der Waals surface area contributed by atoms with Gasteiger partial charge in [0.1, 0.15) is 18.0 Å². The molecule has 0 heterocycles. The van der Waals surface area contributed by atoms with Crippen molar-refractivity contribution in [1.29, 1.82) is 0 Å². The van der Waals surface area contributed by atoms with E-state index in [1.807, 2.05) is 0 Å². The van der Waals surface area contributed by atoms with Gasteiger partial charge in [0.05, 0.1) is 0 Å². The van der Waals surface area contributed by atoms with E-state index in [2.05, 4.69) is 4.74 Å². The number of carbonyl (C=O) groups is 3. The number of esters is 1. The Balaban J connectivity index is 2.79. The number of carboxylic acid groups (broad SMARTS) is 2. The van der Waals surface area contributed by atoms with Crippen molar-refractivity contribution in [2.24, 2.45) is 0 Å². The van der Waals surface area contributed by atoms with Crippen LogP contribution in [0.1, 0.15) is 5.56 Å². The minimum Gasteiger partial charge on any atom is -0.508 e. The molecule has 0 aliphatic heterocycles. The summed E-state index contributed by atoms with van der Waals surface area (Å²) in [5.74, 6) is -4.94. The minimum absolute atomic E-state index is 0.000217. The lowest BCUT2D eigenvalue weighted by molar-refractivity contribution is -0.182. The van der Waals surface area contributed by atoms with Gasteiger partial charge in [-0.15, -0.1) is 0 Å². The van der Waals surface area contributed by atoms with Crippen LogP contribution in [-0.4, -0.2) is 73.0 Å². The fraction of sp³-hybridized carbons (Fsp3) is 0.267. The molecule has 10 nitrogen and oxygen atoms in total. The molecule has 6 N–H and O–H groups in total. The van der Waals surface area contributed by atoms with Gasteiger partial charge >= 0.3 is 17.9 Å². The third kappa shape index (κ3) is 5.88. The van der Waals surface area contributed by atoms with Crippen molar-refractivity contribution < 1.29 is 49.8 Å². The first-order valence-corrected chi connectivity index (χ1v) is 6.81. The minimum atomic E-state index is -2.47. The predicted molar refractivity (Wildman–Crippen MR) is 80.3 cm³/mol. The van der Waals surface area contributed by atoms with E-state index in [0.717, 1.165) is 6.08 Å². The van der Waals surface area contributed by atoms with Crippen molar-refractivity contribution in [2.75, 3.05) is 0 Å². The van der Waals surface area contributed by atoms with Crippen LogP contribution in [-0.2, 0) is 19.1 Å². The molecule has 10 heteroatoms. The van der Waals surface area contributed by atoms with E-state index in [4.69, 9.17) is 20.4 Å². The molecule has 1 rings (SSSR count). The Kier molecular flexibility index (Phi) is 7.06. The summed E-state index contributed by atoms with van der Waals surface area (Å²) in [4.78, 5) is 33.2. The van der Waals surface area contributed by atoms with Gasteiger partial charge < -0.3 is 35.4 Å². The number of ether oxygens (including phenoxy) is 1. The molecule has 4 atom stereocenters. The standard InChI is InChI=1S/C15H16O10/c16-8-4-1-7(2-5-8)3-6-9(17)25-13(15(23)24)11(19)10(18)12(20)14(21)22/h1-6,10-13,16,18-20H,(H,21,22)(H,23,24). The maximum absolute atomic E-state index is 11.6. The van der Waals surface area contributed by atoms with Crippen LogP contribution < -0.4 is 0 Å². The molecule has 1 aromatic rings.